The number of rotatable bonds is 20. The Bertz CT molecular complexity index is 846. The normalized spacial score (nSPS) is 38.6. The second-order valence-electron chi connectivity index (χ2n) is 16.4. The summed E-state index contributed by atoms with van der Waals surface area (Å²) in [5.74, 6) is 4.51. The van der Waals surface area contributed by atoms with Gasteiger partial charge < -0.3 is 36.1 Å². The van der Waals surface area contributed by atoms with Crippen molar-refractivity contribution in [3.63, 3.8) is 0 Å². The molecule has 0 aromatic rings. The number of nitrogens with two attached hydrogens (primary N) is 3. The zero-order chi connectivity index (χ0) is 32.5. The molecule has 3 unspecified atom stereocenters. The Balaban J connectivity index is 1.55. The van der Waals surface area contributed by atoms with Crippen molar-refractivity contribution in [1.29, 1.82) is 0 Å². The zero-order valence-corrected chi connectivity index (χ0v) is 30.0. The van der Waals surface area contributed by atoms with Crippen molar-refractivity contribution in [2.75, 3.05) is 52.7 Å². The van der Waals surface area contributed by atoms with E-state index in [0.29, 0.717) is 78.7 Å². The first-order chi connectivity index (χ1) is 21.7. The minimum Gasteiger partial charge on any atom is -0.381 e. The standard InChI is InChI=1S/C38H73N3O4/c1-27(2)14-23-42-19-6-10-28(3)31-11-12-32-36-33(26-35(38(31,32)5)45-22-9-18-41)37(4)15-13-30(43-20-7-16-39)24-29(37)25-34(36)44-21-8-17-40/h27-36H,6-26,39-41H2,1-5H3/t28-,29?,30-,31-,32+,33+,34-,35+,36?,37+,38?/m1/s1. The predicted molar refractivity (Wildman–Crippen MR) is 185 cm³/mol. The van der Waals surface area contributed by atoms with Gasteiger partial charge in [0, 0.05) is 38.4 Å². The fraction of sp³-hybridized carbons (Fsp3) is 1.00. The minimum absolute atomic E-state index is 0.162. The Hall–Kier alpha value is -0.280. The minimum atomic E-state index is 0.162. The molecule has 4 aliphatic rings. The first-order valence-electron chi connectivity index (χ1n) is 19.2. The van der Waals surface area contributed by atoms with Crippen LogP contribution in [0.2, 0.25) is 0 Å². The van der Waals surface area contributed by atoms with Crippen molar-refractivity contribution in [1.82, 2.24) is 0 Å². The van der Waals surface area contributed by atoms with Crippen LogP contribution in [-0.2, 0) is 18.9 Å². The smallest absolute Gasteiger partial charge is 0.0637 e. The van der Waals surface area contributed by atoms with Crippen molar-refractivity contribution in [3.05, 3.63) is 0 Å². The van der Waals surface area contributed by atoms with Crippen molar-refractivity contribution in [3.8, 4) is 0 Å². The Labute approximate surface area is 277 Å². The lowest BCUT2D eigenvalue weighted by molar-refractivity contribution is -0.227. The molecule has 0 aromatic carbocycles. The summed E-state index contributed by atoms with van der Waals surface area (Å²) in [5.41, 5.74) is 18.2. The van der Waals surface area contributed by atoms with Crippen molar-refractivity contribution in [2.45, 2.75) is 136 Å². The molecule has 4 rings (SSSR count). The van der Waals surface area contributed by atoms with Gasteiger partial charge in [-0.15, -0.1) is 0 Å². The van der Waals surface area contributed by atoms with Gasteiger partial charge in [0.15, 0.2) is 0 Å². The molecule has 264 valence electrons. The molecule has 4 aliphatic carbocycles. The summed E-state index contributed by atoms with van der Waals surface area (Å²) in [4.78, 5) is 0. The Morgan fingerprint density at radius 1 is 0.689 bits per heavy atom. The molecule has 45 heavy (non-hydrogen) atoms. The lowest BCUT2D eigenvalue weighted by atomic mass is 9.43. The summed E-state index contributed by atoms with van der Waals surface area (Å²) in [5, 5.41) is 0. The molecule has 4 fully saturated rings. The second-order valence-corrected chi connectivity index (χ2v) is 16.4. The van der Waals surface area contributed by atoms with Crippen molar-refractivity contribution >= 4 is 0 Å². The van der Waals surface area contributed by atoms with E-state index in [1.807, 2.05) is 0 Å². The van der Waals surface area contributed by atoms with E-state index < -0.39 is 0 Å². The Kier molecular flexibility index (Phi) is 15.0. The lowest BCUT2D eigenvalue weighted by Gasteiger charge is -2.65. The van der Waals surface area contributed by atoms with Crippen LogP contribution in [0.25, 0.3) is 0 Å². The van der Waals surface area contributed by atoms with Crippen LogP contribution >= 0.6 is 0 Å². The summed E-state index contributed by atoms with van der Waals surface area (Å²) in [7, 11) is 0. The molecule has 4 saturated carbocycles. The van der Waals surface area contributed by atoms with Gasteiger partial charge in [-0.25, -0.2) is 0 Å². The Morgan fingerprint density at radius 3 is 2.07 bits per heavy atom. The Morgan fingerprint density at radius 2 is 1.38 bits per heavy atom. The summed E-state index contributed by atoms with van der Waals surface area (Å²) in [6.45, 7) is 18.5. The van der Waals surface area contributed by atoms with Gasteiger partial charge in [-0.2, -0.15) is 0 Å². The van der Waals surface area contributed by atoms with Gasteiger partial charge in [-0.3, -0.25) is 0 Å². The van der Waals surface area contributed by atoms with Crippen LogP contribution in [0.4, 0.5) is 0 Å². The average molecular weight is 636 g/mol. The van der Waals surface area contributed by atoms with E-state index in [2.05, 4.69) is 34.6 Å². The van der Waals surface area contributed by atoms with E-state index >= 15 is 0 Å². The molecule has 0 bridgehead atoms. The first kappa shape index (κ1) is 37.5. The third-order valence-corrected chi connectivity index (χ3v) is 13.3. The van der Waals surface area contributed by atoms with E-state index in [0.717, 1.165) is 84.4 Å². The van der Waals surface area contributed by atoms with Crippen LogP contribution in [0.1, 0.15) is 118 Å². The zero-order valence-electron chi connectivity index (χ0n) is 30.0. The molecule has 0 saturated heterocycles. The number of hydrogen-bond acceptors (Lipinski definition) is 7. The van der Waals surface area contributed by atoms with E-state index in [1.54, 1.807) is 0 Å². The van der Waals surface area contributed by atoms with Gasteiger partial charge in [0.25, 0.3) is 0 Å². The summed E-state index contributed by atoms with van der Waals surface area (Å²) in [6.07, 6.45) is 15.8. The molecule has 11 atom stereocenters. The maximum Gasteiger partial charge on any atom is 0.0637 e. The van der Waals surface area contributed by atoms with Crippen molar-refractivity contribution < 1.29 is 18.9 Å². The molecule has 0 aliphatic heterocycles. The average Bonchev–Trinajstić information content (AvgIpc) is 3.37. The molecule has 7 nitrogen and oxygen atoms in total. The number of hydrogen-bond donors (Lipinski definition) is 3. The van der Waals surface area contributed by atoms with E-state index in [4.69, 9.17) is 36.1 Å². The van der Waals surface area contributed by atoms with Crippen molar-refractivity contribution in [2.24, 2.45) is 69.5 Å². The molecule has 6 N–H and O–H groups in total. The maximum absolute atomic E-state index is 7.00. The summed E-state index contributed by atoms with van der Waals surface area (Å²) in [6, 6.07) is 0. The third kappa shape index (κ3) is 8.85. The highest BCUT2D eigenvalue weighted by Crippen LogP contribution is 2.69. The van der Waals surface area contributed by atoms with Gasteiger partial charge in [0.05, 0.1) is 18.3 Å². The largest absolute Gasteiger partial charge is 0.381 e. The fourth-order valence-corrected chi connectivity index (χ4v) is 10.7. The predicted octanol–water partition coefficient (Wildman–Crippen LogP) is 6.55. The first-order valence-corrected chi connectivity index (χ1v) is 19.2. The van der Waals surface area contributed by atoms with E-state index in [9.17, 15) is 0 Å². The second kappa shape index (κ2) is 17.9. The topological polar surface area (TPSA) is 115 Å². The molecule has 7 heteroatoms. The quantitative estimate of drug-likeness (QED) is 0.130. The number of ether oxygens (including phenoxy) is 4. The fourth-order valence-electron chi connectivity index (χ4n) is 10.7. The van der Waals surface area contributed by atoms with Crippen LogP contribution in [0.5, 0.6) is 0 Å². The summed E-state index contributed by atoms with van der Waals surface area (Å²) < 4.78 is 26.3. The van der Waals surface area contributed by atoms with Crippen LogP contribution < -0.4 is 17.2 Å². The third-order valence-electron chi connectivity index (χ3n) is 13.3. The van der Waals surface area contributed by atoms with Crippen LogP contribution in [0.15, 0.2) is 0 Å². The summed E-state index contributed by atoms with van der Waals surface area (Å²) >= 11 is 0. The van der Waals surface area contributed by atoms with Gasteiger partial charge >= 0.3 is 0 Å². The van der Waals surface area contributed by atoms with Crippen LogP contribution in [0.3, 0.4) is 0 Å². The van der Waals surface area contributed by atoms with Crippen LogP contribution in [-0.4, -0.2) is 71.0 Å². The highest BCUT2D eigenvalue weighted by molar-refractivity contribution is 5.15. The van der Waals surface area contributed by atoms with Crippen LogP contribution in [0, 0.1) is 52.3 Å². The number of fused-ring (bicyclic) bond motifs is 5. The molecule has 0 spiro atoms. The SMILES string of the molecule is CC(C)CCOCCC[C@@H](C)[C@H]1CC[C@H]2C3[C@H](OCCCN)CC4C[C@H](OCCCN)CC[C@]4(C)[C@H]3C[C@H](OCCCN)C12C. The van der Waals surface area contributed by atoms with Gasteiger partial charge in [-0.1, -0.05) is 34.6 Å². The molecule has 0 aromatic heterocycles. The van der Waals surface area contributed by atoms with Gasteiger partial charge in [-0.05, 0) is 150 Å². The highest BCUT2D eigenvalue weighted by Gasteiger charge is 2.66. The van der Waals surface area contributed by atoms with E-state index in [1.165, 1.54) is 32.1 Å². The van der Waals surface area contributed by atoms with Gasteiger partial charge in [0.1, 0.15) is 0 Å². The monoisotopic (exact) mass is 636 g/mol. The lowest BCUT2D eigenvalue weighted by Crippen LogP contribution is -2.63. The molecule has 0 amide bonds. The molecular weight excluding hydrogens is 562 g/mol. The molecule has 0 radical (unpaired) electrons. The molecule has 0 heterocycles. The van der Waals surface area contributed by atoms with Gasteiger partial charge in [0.2, 0.25) is 0 Å². The van der Waals surface area contributed by atoms with E-state index in [-0.39, 0.29) is 11.5 Å². The maximum atomic E-state index is 7.00. The molecular formula is C38H73N3O4. The highest BCUT2D eigenvalue weighted by atomic mass is 16.5.